The van der Waals surface area contributed by atoms with E-state index in [1.165, 1.54) is 19.3 Å². The standard InChI is InChI=1S/C27H35Cl2NO3/c28-24-12-8-21(9-13-24)27(33,22-10-14-25(29)15-11-22)23-16-19-30(20-17-23)18-6-4-2-1-3-5-7-26(31)32/h8-15,23,33H,1-7,16-20H2,(H,31,32). The highest BCUT2D eigenvalue weighted by Crippen LogP contribution is 2.42. The van der Waals surface area contributed by atoms with Crippen molar-refractivity contribution in [2.24, 2.45) is 5.92 Å². The molecule has 0 radical (unpaired) electrons. The normalized spacial score (nSPS) is 15.6. The number of likely N-dealkylation sites (tertiary alicyclic amines) is 1. The highest BCUT2D eigenvalue weighted by molar-refractivity contribution is 6.30. The van der Waals surface area contributed by atoms with Crippen molar-refractivity contribution in [2.45, 2.75) is 63.4 Å². The van der Waals surface area contributed by atoms with Gasteiger partial charge >= 0.3 is 5.97 Å². The summed E-state index contributed by atoms with van der Waals surface area (Å²) in [6.45, 7) is 3.04. The molecule has 1 heterocycles. The molecular formula is C27H35Cl2NO3. The lowest BCUT2D eigenvalue weighted by Gasteiger charge is -2.42. The number of carboxylic acids is 1. The molecule has 0 aliphatic carbocycles. The van der Waals surface area contributed by atoms with E-state index in [0.717, 1.165) is 62.9 Å². The smallest absolute Gasteiger partial charge is 0.303 e. The molecule has 1 saturated heterocycles. The van der Waals surface area contributed by atoms with E-state index in [1.807, 2.05) is 48.5 Å². The van der Waals surface area contributed by atoms with Crippen LogP contribution in [0.15, 0.2) is 48.5 Å². The average Bonchev–Trinajstić information content (AvgIpc) is 2.81. The van der Waals surface area contributed by atoms with Crippen molar-refractivity contribution in [2.75, 3.05) is 19.6 Å². The number of aliphatic carboxylic acids is 1. The predicted molar refractivity (Wildman–Crippen MR) is 135 cm³/mol. The minimum absolute atomic E-state index is 0.116. The fraction of sp³-hybridized carbons (Fsp3) is 0.519. The Morgan fingerprint density at radius 2 is 1.27 bits per heavy atom. The third-order valence-corrected chi connectivity index (χ3v) is 7.37. The lowest BCUT2D eigenvalue weighted by molar-refractivity contribution is -0.137. The molecule has 6 heteroatoms. The van der Waals surface area contributed by atoms with Gasteiger partial charge in [-0.15, -0.1) is 0 Å². The van der Waals surface area contributed by atoms with Gasteiger partial charge in [0.15, 0.2) is 0 Å². The lowest BCUT2D eigenvalue weighted by Crippen LogP contribution is -2.44. The second-order valence-electron chi connectivity index (χ2n) is 9.16. The van der Waals surface area contributed by atoms with E-state index < -0.39 is 11.6 Å². The largest absolute Gasteiger partial charge is 0.481 e. The van der Waals surface area contributed by atoms with Gasteiger partial charge in [0.25, 0.3) is 0 Å². The summed E-state index contributed by atoms with van der Waals surface area (Å²) < 4.78 is 0. The summed E-state index contributed by atoms with van der Waals surface area (Å²) in [5, 5.41) is 22.1. The van der Waals surface area contributed by atoms with Crippen molar-refractivity contribution in [1.82, 2.24) is 4.90 Å². The Morgan fingerprint density at radius 1 is 0.818 bits per heavy atom. The number of nitrogens with zero attached hydrogens (tertiary/aromatic N) is 1. The Kier molecular flexibility index (Phi) is 10.1. The molecule has 0 atom stereocenters. The molecule has 0 unspecified atom stereocenters. The van der Waals surface area contributed by atoms with Crippen LogP contribution in [0.1, 0.15) is 68.9 Å². The van der Waals surface area contributed by atoms with E-state index in [9.17, 15) is 9.90 Å². The summed E-state index contributed by atoms with van der Waals surface area (Å²) in [5.41, 5.74) is 0.670. The summed E-state index contributed by atoms with van der Waals surface area (Å²) in [4.78, 5) is 13.1. The van der Waals surface area contributed by atoms with Crippen molar-refractivity contribution in [1.29, 1.82) is 0 Å². The van der Waals surface area contributed by atoms with Gasteiger partial charge in [0.1, 0.15) is 5.60 Å². The number of rotatable bonds is 12. The van der Waals surface area contributed by atoms with E-state index in [2.05, 4.69) is 4.90 Å². The zero-order valence-electron chi connectivity index (χ0n) is 19.2. The van der Waals surface area contributed by atoms with Crippen LogP contribution in [0.4, 0.5) is 0 Å². The molecule has 1 aliphatic rings. The van der Waals surface area contributed by atoms with Crippen LogP contribution in [0.25, 0.3) is 0 Å². The van der Waals surface area contributed by atoms with Crippen molar-refractivity contribution >= 4 is 29.2 Å². The molecule has 0 amide bonds. The lowest BCUT2D eigenvalue weighted by atomic mass is 9.72. The SMILES string of the molecule is O=C(O)CCCCCCCCN1CCC(C(O)(c2ccc(Cl)cc2)c2ccc(Cl)cc2)CC1. The Morgan fingerprint density at radius 3 is 1.76 bits per heavy atom. The molecular weight excluding hydrogens is 457 g/mol. The quantitative estimate of drug-likeness (QED) is 0.322. The molecule has 0 bridgehead atoms. The molecule has 1 aliphatic heterocycles. The Balaban J connectivity index is 1.52. The summed E-state index contributed by atoms with van der Waals surface area (Å²) >= 11 is 12.2. The molecule has 180 valence electrons. The molecule has 4 nitrogen and oxygen atoms in total. The van der Waals surface area contributed by atoms with Gasteiger partial charge in [-0.2, -0.15) is 0 Å². The van der Waals surface area contributed by atoms with E-state index >= 15 is 0 Å². The number of halogens is 2. The summed E-state index contributed by atoms with van der Waals surface area (Å²) in [6.07, 6.45) is 8.57. The van der Waals surface area contributed by atoms with Gasteiger partial charge in [-0.1, -0.05) is 73.2 Å². The maximum atomic E-state index is 12.1. The Bertz CT molecular complexity index is 816. The number of carboxylic acid groups (broad SMARTS) is 1. The van der Waals surface area contributed by atoms with Gasteiger partial charge in [-0.25, -0.2) is 0 Å². The molecule has 2 aromatic rings. The molecule has 2 aromatic carbocycles. The first kappa shape index (κ1) is 26.0. The second-order valence-corrected chi connectivity index (χ2v) is 10.0. The fourth-order valence-electron chi connectivity index (χ4n) is 4.94. The molecule has 1 fully saturated rings. The first-order chi connectivity index (χ1) is 15.9. The molecule has 3 rings (SSSR count). The van der Waals surface area contributed by atoms with Crippen LogP contribution in [-0.2, 0) is 10.4 Å². The van der Waals surface area contributed by atoms with Gasteiger partial charge in [0.2, 0.25) is 0 Å². The van der Waals surface area contributed by atoms with Crippen LogP contribution in [0, 0.1) is 5.92 Å². The topological polar surface area (TPSA) is 60.8 Å². The molecule has 0 aromatic heterocycles. The van der Waals surface area contributed by atoms with Crippen LogP contribution in [0.2, 0.25) is 10.0 Å². The highest BCUT2D eigenvalue weighted by atomic mass is 35.5. The van der Waals surface area contributed by atoms with Crippen LogP contribution >= 0.6 is 23.2 Å². The summed E-state index contributed by atoms with van der Waals surface area (Å²) in [7, 11) is 0. The molecule has 0 spiro atoms. The number of hydrogen-bond acceptors (Lipinski definition) is 3. The van der Waals surface area contributed by atoms with Gasteiger partial charge in [-0.3, -0.25) is 4.79 Å². The van der Waals surface area contributed by atoms with Crippen LogP contribution in [0.5, 0.6) is 0 Å². The van der Waals surface area contributed by atoms with Gasteiger partial charge in [0, 0.05) is 16.5 Å². The van der Waals surface area contributed by atoms with E-state index in [-0.39, 0.29) is 12.3 Å². The highest BCUT2D eigenvalue weighted by Gasteiger charge is 2.41. The minimum atomic E-state index is -1.07. The molecule has 2 N–H and O–H groups in total. The van der Waals surface area contributed by atoms with Crippen LogP contribution < -0.4 is 0 Å². The third-order valence-electron chi connectivity index (χ3n) is 6.86. The first-order valence-corrected chi connectivity index (χ1v) is 12.8. The van der Waals surface area contributed by atoms with Gasteiger partial charge in [0.05, 0.1) is 0 Å². The Hall–Kier alpha value is -1.59. The van der Waals surface area contributed by atoms with Crippen LogP contribution in [-0.4, -0.2) is 40.7 Å². The number of benzene rings is 2. The first-order valence-electron chi connectivity index (χ1n) is 12.1. The van der Waals surface area contributed by atoms with E-state index in [0.29, 0.717) is 10.0 Å². The van der Waals surface area contributed by atoms with Crippen molar-refractivity contribution < 1.29 is 15.0 Å². The Labute approximate surface area is 207 Å². The third kappa shape index (κ3) is 7.45. The maximum Gasteiger partial charge on any atom is 0.303 e. The average molecular weight is 492 g/mol. The molecule has 0 saturated carbocycles. The monoisotopic (exact) mass is 491 g/mol. The number of aliphatic hydroxyl groups is 1. The second kappa shape index (κ2) is 12.8. The van der Waals surface area contributed by atoms with Crippen molar-refractivity contribution in [3.8, 4) is 0 Å². The maximum absolute atomic E-state index is 12.1. The predicted octanol–water partition coefficient (Wildman–Crippen LogP) is 6.76. The van der Waals surface area contributed by atoms with Gasteiger partial charge < -0.3 is 15.1 Å². The van der Waals surface area contributed by atoms with E-state index in [4.69, 9.17) is 28.3 Å². The van der Waals surface area contributed by atoms with Gasteiger partial charge in [-0.05, 0) is 86.6 Å². The minimum Gasteiger partial charge on any atom is -0.481 e. The fourth-order valence-corrected chi connectivity index (χ4v) is 5.19. The van der Waals surface area contributed by atoms with Crippen molar-refractivity contribution in [3.05, 3.63) is 69.7 Å². The number of carbonyl (C=O) groups is 1. The number of unbranched alkanes of at least 4 members (excludes halogenated alkanes) is 5. The zero-order chi connectivity index (χ0) is 23.7. The summed E-state index contributed by atoms with van der Waals surface area (Å²) in [5.74, 6) is -0.581. The van der Waals surface area contributed by atoms with E-state index in [1.54, 1.807) is 0 Å². The number of hydrogen-bond donors (Lipinski definition) is 2. The van der Waals surface area contributed by atoms with Crippen LogP contribution in [0.3, 0.4) is 0 Å². The molecule has 33 heavy (non-hydrogen) atoms. The zero-order valence-corrected chi connectivity index (χ0v) is 20.7. The summed E-state index contributed by atoms with van der Waals surface area (Å²) in [6, 6.07) is 15.1. The van der Waals surface area contributed by atoms with Crippen molar-refractivity contribution in [3.63, 3.8) is 0 Å². The number of piperidine rings is 1.